The lowest BCUT2D eigenvalue weighted by Crippen LogP contribution is -2.47. The fourth-order valence-corrected chi connectivity index (χ4v) is 3.05. The maximum absolute atomic E-state index is 12.0. The van der Waals surface area contributed by atoms with E-state index in [1.807, 2.05) is 7.05 Å². The van der Waals surface area contributed by atoms with Gasteiger partial charge in [-0.1, -0.05) is 12.8 Å². The second-order valence-corrected chi connectivity index (χ2v) is 6.91. The van der Waals surface area contributed by atoms with Gasteiger partial charge in [-0.2, -0.15) is 0 Å². The molecule has 2 rings (SSSR count). The van der Waals surface area contributed by atoms with Crippen LogP contribution in [-0.2, 0) is 19.2 Å². The van der Waals surface area contributed by atoms with Gasteiger partial charge in [-0.05, 0) is 39.3 Å². The molecule has 0 aromatic carbocycles. The van der Waals surface area contributed by atoms with Gasteiger partial charge >= 0.3 is 0 Å². The van der Waals surface area contributed by atoms with Gasteiger partial charge in [0.2, 0.25) is 5.91 Å². The van der Waals surface area contributed by atoms with E-state index in [-0.39, 0.29) is 17.7 Å². The summed E-state index contributed by atoms with van der Waals surface area (Å²) >= 11 is 0. The average molecular weight is 349 g/mol. The Balaban J connectivity index is 1.50. The fraction of sp³-hybridized carbons (Fsp3) is 0.667. The molecule has 0 radical (unpaired) electrons. The van der Waals surface area contributed by atoms with E-state index in [9.17, 15) is 19.2 Å². The molecule has 1 saturated carbocycles. The van der Waals surface area contributed by atoms with Gasteiger partial charge in [-0.25, -0.2) is 0 Å². The number of carbonyl (C=O) groups is 4. The van der Waals surface area contributed by atoms with Crippen molar-refractivity contribution in [2.45, 2.75) is 38.5 Å². The summed E-state index contributed by atoms with van der Waals surface area (Å²) in [7, 11) is 1.96. The number of hydrogen-bond acceptors (Lipinski definition) is 5. The van der Waals surface area contributed by atoms with Crippen LogP contribution in [0.5, 0.6) is 0 Å². The van der Waals surface area contributed by atoms with Crippen molar-refractivity contribution < 1.29 is 19.2 Å². The quantitative estimate of drug-likeness (QED) is 0.254. The lowest BCUT2D eigenvalue weighted by molar-refractivity contribution is -0.142. The number of carbonyl (C=O) groups excluding carboxylic acids is 4. The lowest BCUT2D eigenvalue weighted by atomic mass is 9.69. The molecule has 138 valence electrons. The highest BCUT2D eigenvalue weighted by molar-refractivity contribution is 6.12. The molecule has 1 aliphatic carbocycles. The van der Waals surface area contributed by atoms with Crippen molar-refractivity contribution >= 4 is 24.0 Å². The van der Waals surface area contributed by atoms with Crippen molar-refractivity contribution in [3.05, 3.63) is 12.2 Å². The maximum Gasteiger partial charge on any atom is 0.253 e. The molecule has 3 amide bonds. The molecule has 2 aliphatic rings. The Bertz CT molecular complexity index is 537. The SMILES string of the molecule is CN(CCCCCNC(=O)C1(C=O)CCC1)CCN1C(=O)C=CC1=O. The summed E-state index contributed by atoms with van der Waals surface area (Å²) in [6.07, 6.45) is 8.52. The van der Waals surface area contributed by atoms with E-state index in [1.165, 1.54) is 17.1 Å². The Hall–Kier alpha value is -2.02. The van der Waals surface area contributed by atoms with Crippen LogP contribution in [0.25, 0.3) is 0 Å². The van der Waals surface area contributed by atoms with Gasteiger partial charge in [-0.3, -0.25) is 19.3 Å². The zero-order valence-electron chi connectivity index (χ0n) is 14.8. The summed E-state index contributed by atoms with van der Waals surface area (Å²) < 4.78 is 0. The minimum absolute atomic E-state index is 0.126. The lowest BCUT2D eigenvalue weighted by Gasteiger charge is -2.34. The van der Waals surface area contributed by atoms with Crippen LogP contribution in [0.2, 0.25) is 0 Å². The summed E-state index contributed by atoms with van der Waals surface area (Å²) in [5.74, 6) is -0.609. The molecule has 1 fully saturated rings. The van der Waals surface area contributed by atoms with Crippen molar-refractivity contribution in [2.24, 2.45) is 5.41 Å². The second kappa shape index (κ2) is 8.89. The van der Waals surface area contributed by atoms with Crippen LogP contribution < -0.4 is 5.32 Å². The number of rotatable bonds is 11. The molecule has 0 aromatic rings. The molecule has 7 nitrogen and oxygen atoms in total. The van der Waals surface area contributed by atoms with Crippen molar-refractivity contribution in [3.8, 4) is 0 Å². The molecule has 7 heteroatoms. The van der Waals surface area contributed by atoms with Crippen molar-refractivity contribution in [1.29, 1.82) is 0 Å². The molecule has 1 heterocycles. The molecule has 1 N–H and O–H groups in total. The van der Waals surface area contributed by atoms with E-state index < -0.39 is 5.41 Å². The normalized spacial score (nSPS) is 18.6. The minimum atomic E-state index is -0.750. The number of nitrogens with one attached hydrogen (secondary N) is 1. The van der Waals surface area contributed by atoms with Gasteiger partial charge in [0.1, 0.15) is 11.7 Å². The van der Waals surface area contributed by atoms with Crippen LogP contribution in [-0.4, -0.2) is 67.0 Å². The van der Waals surface area contributed by atoms with Gasteiger partial charge in [0.15, 0.2) is 0 Å². The highest BCUT2D eigenvalue weighted by Crippen LogP contribution is 2.38. The molecule has 0 bridgehead atoms. The number of nitrogens with zero attached hydrogens (tertiary/aromatic N) is 2. The molecule has 0 aromatic heterocycles. The number of aldehydes is 1. The molecule has 0 unspecified atom stereocenters. The molecular formula is C18H27N3O4. The van der Waals surface area contributed by atoms with Gasteiger partial charge in [0.25, 0.3) is 11.8 Å². The predicted molar refractivity (Wildman–Crippen MR) is 92.6 cm³/mol. The Kier molecular flexibility index (Phi) is 6.87. The van der Waals surface area contributed by atoms with E-state index in [0.29, 0.717) is 32.5 Å². The van der Waals surface area contributed by atoms with Gasteiger partial charge in [0, 0.05) is 31.8 Å². The van der Waals surface area contributed by atoms with Crippen molar-refractivity contribution in [3.63, 3.8) is 0 Å². The van der Waals surface area contributed by atoms with Crippen LogP contribution in [0.3, 0.4) is 0 Å². The van der Waals surface area contributed by atoms with E-state index in [4.69, 9.17) is 0 Å². The molecule has 1 aliphatic heterocycles. The van der Waals surface area contributed by atoms with Crippen LogP contribution in [0, 0.1) is 5.41 Å². The Morgan fingerprint density at radius 2 is 1.88 bits per heavy atom. The summed E-state index contributed by atoms with van der Waals surface area (Å²) in [4.78, 5) is 49.2. The molecule has 0 atom stereocenters. The molecule has 0 saturated heterocycles. The standard InChI is InChI=1S/C18H27N3O4/c1-20(12-13-21-15(23)6-7-16(21)24)11-4-2-3-10-19-17(25)18(14-22)8-5-9-18/h6-7,14H,2-5,8-13H2,1H3,(H,19,25). The van der Waals surface area contributed by atoms with Gasteiger partial charge in [-0.15, -0.1) is 0 Å². The molecular weight excluding hydrogens is 322 g/mol. The molecule has 0 spiro atoms. The Labute approximate surface area is 148 Å². The van der Waals surface area contributed by atoms with Gasteiger partial charge < -0.3 is 15.0 Å². The Morgan fingerprint density at radius 3 is 2.44 bits per heavy atom. The second-order valence-electron chi connectivity index (χ2n) is 6.91. The number of amides is 3. The topological polar surface area (TPSA) is 86.8 Å². The zero-order valence-corrected chi connectivity index (χ0v) is 14.8. The first-order valence-corrected chi connectivity index (χ1v) is 8.95. The van der Waals surface area contributed by atoms with Crippen molar-refractivity contribution in [2.75, 3.05) is 33.2 Å². The Morgan fingerprint density at radius 1 is 1.20 bits per heavy atom. The van der Waals surface area contributed by atoms with Crippen LogP contribution in [0.1, 0.15) is 38.5 Å². The third-order valence-electron chi connectivity index (χ3n) is 5.03. The first-order chi connectivity index (χ1) is 12.0. The largest absolute Gasteiger partial charge is 0.355 e. The third-order valence-corrected chi connectivity index (χ3v) is 5.03. The number of unbranched alkanes of at least 4 members (excludes halogenated alkanes) is 2. The summed E-state index contributed by atoms with van der Waals surface area (Å²) in [6, 6.07) is 0. The number of imide groups is 1. The van der Waals surface area contributed by atoms with E-state index in [1.54, 1.807) is 0 Å². The van der Waals surface area contributed by atoms with E-state index >= 15 is 0 Å². The van der Waals surface area contributed by atoms with Crippen LogP contribution in [0.4, 0.5) is 0 Å². The summed E-state index contributed by atoms with van der Waals surface area (Å²) in [6.45, 7) is 2.53. The third kappa shape index (κ3) is 4.98. The van der Waals surface area contributed by atoms with Crippen LogP contribution in [0.15, 0.2) is 12.2 Å². The number of likely N-dealkylation sites (N-methyl/N-ethyl adjacent to an activating group) is 1. The summed E-state index contributed by atoms with van der Waals surface area (Å²) in [5, 5.41) is 2.86. The van der Waals surface area contributed by atoms with Gasteiger partial charge in [0.05, 0.1) is 0 Å². The minimum Gasteiger partial charge on any atom is -0.355 e. The van der Waals surface area contributed by atoms with Crippen LogP contribution >= 0.6 is 0 Å². The number of hydrogen-bond donors (Lipinski definition) is 1. The smallest absolute Gasteiger partial charge is 0.253 e. The van der Waals surface area contributed by atoms with E-state index in [2.05, 4.69) is 10.2 Å². The maximum atomic E-state index is 12.0. The van der Waals surface area contributed by atoms with E-state index in [0.717, 1.165) is 38.5 Å². The highest BCUT2D eigenvalue weighted by atomic mass is 16.2. The van der Waals surface area contributed by atoms with Crippen molar-refractivity contribution in [1.82, 2.24) is 15.1 Å². The molecule has 25 heavy (non-hydrogen) atoms. The first-order valence-electron chi connectivity index (χ1n) is 8.95. The predicted octanol–water partition coefficient (Wildman–Crippen LogP) is 0.499. The summed E-state index contributed by atoms with van der Waals surface area (Å²) in [5.41, 5.74) is -0.750. The highest BCUT2D eigenvalue weighted by Gasteiger charge is 2.43. The zero-order chi connectivity index (χ0) is 18.3. The average Bonchev–Trinajstić information content (AvgIpc) is 2.86. The first kappa shape index (κ1) is 19.3. The fourth-order valence-electron chi connectivity index (χ4n) is 3.05. The monoisotopic (exact) mass is 349 g/mol.